The molecule has 1 fully saturated rings. The lowest BCUT2D eigenvalue weighted by Crippen LogP contribution is -2.48. The lowest BCUT2D eigenvalue weighted by Gasteiger charge is -2.29. The number of nitrogens with zero attached hydrogens (tertiary/aromatic N) is 2. The Labute approximate surface area is 258 Å². The minimum absolute atomic E-state index is 0.136. The average Bonchev–Trinajstić information content (AvgIpc) is 3.38. The Kier molecular flexibility index (Phi) is 10.6. The molecule has 10 nitrogen and oxygen atoms in total. The van der Waals surface area contributed by atoms with Gasteiger partial charge in [-0.25, -0.2) is 9.89 Å². The van der Waals surface area contributed by atoms with E-state index in [0.717, 1.165) is 28.4 Å². The number of benzene rings is 2. The van der Waals surface area contributed by atoms with Crippen LogP contribution < -0.4 is 16.0 Å². The van der Waals surface area contributed by atoms with Crippen molar-refractivity contribution in [3.8, 4) is 11.4 Å². The summed E-state index contributed by atoms with van der Waals surface area (Å²) in [5.74, 6) is 0.0843. The van der Waals surface area contributed by atoms with E-state index in [1.807, 2.05) is 45.0 Å². The van der Waals surface area contributed by atoms with Gasteiger partial charge in [-0.1, -0.05) is 28.1 Å². The Morgan fingerprint density at radius 2 is 1.71 bits per heavy atom. The molecule has 1 aromatic heterocycles. The number of halogens is 2. The fraction of sp³-hybridized carbons (Fsp3) is 0.433. The van der Waals surface area contributed by atoms with E-state index in [4.69, 9.17) is 16.3 Å². The van der Waals surface area contributed by atoms with Gasteiger partial charge in [-0.05, 0) is 106 Å². The third-order valence-corrected chi connectivity index (χ3v) is 7.70. The van der Waals surface area contributed by atoms with Crippen LogP contribution in [0, 0.1) is 11.8 Å². The van der Waals surface area contributed by atoms with Crippen molar-refractivity contribution in [2.45, 2.75) is 64.5 Å². The first-order valence-electron chi connectivity index (χ1n) is 14.0. The number of hydrogen-bond donors (Lipinski definition) is 4. The van der Waals surface area contributed by atoms with Crippen molar-refractivity contribution in [3.05, 3.63) is 63.9 Å². The van der Waals surface area contributed by atoms with Crippen LogP contribution in [0.2, 0.25) is 5.28 Å². The Hall–Kier alpha value is -3.44. The first-order valence-corrected chi connectivity index (χ1v) is 15.1. The largest absolute Gasteiger partial charge is 0.444 e. The van der Waals surface area contributed by atoms with Gasteiger partial charge in [0.25, 0.3) is 0 Å². The summed E-state index contributed by atoms with van der Waals surface area (Å²) in [4.78, 5) is 42.8. The van der Waals surface area contributed by atoms with Gasteiger partial charge in [-0.15, -0.1) is 0 Å². The summed E-state index contributed by atoms with van der Waals surface area (Å²) < 4.78 is 6.25. The number of rotatable bonds is 9. The summed E-state index contributed by atoms with van der Waals surface area (Å²) in [6.07, 6.45) is 2.89. The normalized spacial score (nSPS) is 17.6. The van der Waals surface area contributed by atoms with E-state index in [-0.39, 0.29) is 28.9 Å². The first kappa shape index (κ1) is 31.5. The Morgan fingerprint density at radius 1 is 1.05 bits per heavy atom. The zero-order valence-corrected chi connectivity index (χ0v) is 26.2. The summed E-state index contributed by atoms with van der Waals surface area (Å²) in [5, 5.41) is 15.6. The Morgan fingerprint density at radius 3 is 2.31 bits per heavy atom. The molecule has 42 heavy (non-hydrogen) atoms. The molecule has 0 radical (unpaired) electrons. The van der Waals surface area contributed by atoms with E-state index in [1.165, 1.54) is 0 Å². The predicted octanol–water partition coefficient (Wildman–Crippen LogP) is 5.88. The number of amides is 3. The molecule has 0 aliphatic heterocycles. The first-order chi connectivity index (χ1) is 19.9. The van der Waals surface area contributed by atoms with Gasteiger partial charge in [0, 0.05) is 34.6 Å². The molecule has 4 rings (SSSR count). The van der Waals surface area contributed by atoms with Crippen molar-refractivity contribution in [3.63, 3.8) is 0 Å². The van der Waals surface area contributed by atoms with E-state index >= 15 is 0 Å². The number of anilines is 1. The highest BCUT2D eigenvalue weighted by atomic mass is 79.9. The fourth-order valence-electron chi connectivity index (χ4n) is 4.83. The minimum atomic E-state index is -0.767. The Bertz CT molecular complexity index is 1370. The van der Waals surface area contributed by atoms with Gasteiger partial charge in [0.2, 0.25) is 17.1 Å². The molecule has 0 spiro atoms. The number of hydrogen-bond acceptors (Lipinski definition) is 6. The number of carbonyl (C=O) groups excluding carboxylic acids is 3. The van der Waals surface area contributed by atoms with Crippen molar-refractivity contribution >= 4 is 51.1 Å². The topological polar surface area (TPSA) is 138 Å². The standard InChI is InChI=1S/C30H36BrClN6O4/c1-30(2,3)42-29(41)33-17-19-4-8-21(9-5-19)26(39)35-24(16-18-6-12-22(31)13-7-18)27(40)34-23-14-10-20(11-15-23)25-36-28(32)38-37-25/h6-7,10-15,19,21,24H,4-5,8-9,16-17H2,1-3H3,(H,33,41)(H,34,40)(H,35,39)(H,36,37,38). The number of aromatic amines is 1. The zero-order chi connectivity index (χ0) is 30.3. The van der Waals surface area contributed by atoms with Gasteiger partial charge in [0.05, 0.1) is 0 Å². The van der Waals surface area contributed by atoms with E-state index < -0.39 is 17.7 Å². The molecule has 0 bridgehead atoms. The third-order valence-electron chi connectivity index (χ3n) is 7.01. The minimum Gasteiger partial charge on any atom is -0.444 e. The fourth-order valence-corrected chi connectivity index (χ4v) is 5.22. The molecule has 224 valence electrons. The molecule has 3 amide bonds. The molecule has 1 aliphatic rings. The number of H-pyrrole nitrogens is 1. The number of aromatic nitrogens is 3. The maximum absolute atomic E-state index is 13.4. The molecule has 4 N–H and O–H groups in total. The van der Waals surface area contributed by atoms with Crippen molar-refractivity contribution in [2.75, 3.05) is 11.9 Å². The van der Waals surface area contributed by atoms with Crippen LogP contribution in [0.1, 0.15) is 52.0 Å². The lowest BCUT2D eigenvalue weighted by molar-refractivity contribution is -0.130. The van der Waals surface area contributed by atoms with E-state index in [2.05, 4.69) is 47.1 Å². The van der Waals surface area contributed by atoms with Crippen LogP contribution in [0.15, 0.2) is 53.0 Å². The molecule has 1 aliphatic carbocycles. The smallest absolute Gasteiger partial charge is 0.407 e. The average molecular weight is 660 g/mol. The van der Waals surface area contributed by atoms with E-state index in [9.17, 15) is 14.4 Å². The Balaban J connectivity index is 1.35. The van der Waals surface area contributed by atoms with Crippen molar-refractivity contribution in [2.24, 2.45) is 11.8 Å². The van der Waals surface area contributed by atoms with Crippen molar-refractivity contribution < 1.29 is 19.1 Å². The molecule has 1 atom stereocenters. The SMILES string of the molecule is CC(C)(C)OC(=O)NCC1CCC(C(=O)NC(Cc2ccc(Br)cc2)C(=O)Nc2ccc(-c3n[nH]c(Cl)n3)cc2)CC1. The van der Waals surface area contributed by atoms with Crippen molar-refractivity contribution in [1.29, 1.82) is 0 Å². The maximum Gasteiger partial charge on any atom is 0.407 e. The lowest BCUT2D eigenvalue weighted by atomic mass is 9.81. The maximum atomic E-state index is 13.4. The second kappa shape index (κ2) is 14.2. The zero-order valence-electron chi connectivity index (χ0n) is 23.9. The van der Waals surface area contributed by atoms with Gasteiger partial charge >= 0.3 is 6.09 Å². The van der Waals surface area contributed by atoms with Crippen LogP contribution in [0.25, 0.3) is 11.4 Å². The molecule has 2 aromatic carbocycles. The molecule has 12 heteroatoms. The highest BCUT2D eigenvalue weighted by Crippen LogP contribution is 2.29. The van der Waals surface area contributed by atoms with Crippen LogP contribution >= 0.6 is 27.5 Å². The summed E-state index contributed by atoms with van der Waals surface area (Å²) >= 11 is 9.27. The predicted molar refractivity (Wildman–Crippen MR) is 165 cm³/mol. The van der Waals surface area contributed by atoms with E-state index in [1.54, 1.807) is 24.3 Å². The van der Waals surface area contributed by atoms with Gasteiger partial charge in [-0.3, -0.25) is 9.59 Å². The highest BCUT2D eigenvalue weighted by molar-refractivity contribution is 9.10. The summed E-state index contributed by atoms with van der Waals surface area (Å²) in [6.45, 7) is 5.99. The quantitative estimate of drug-likeness (QED) is 0.226. The second-order valence-corrected chi connectivity index (χ2v) is 12.8. The second-order valence-electron chi connectivity index (χ2n) is 11.5. The van der Waals surface area contributed by atoms with E-state index in [0.29, 0.717) is 37.3 Å². The molecule has 0 saturated heterocycles. The number of nitrogens with one attached hydrogen (secondary N) is 4. The molecule has 1 heterocycles. The highest BCUT2D eigenvalue weighted by Gasteiger charge is 2.30. The van der Waals surface area contributed by atoms with Gasteiger partial charge < -0.3 is 20.7 Å². The molecular formula is C30H36BrClN6O4. The number of alkyl carbamates (subject to hydrolysis) is 1. The molecule has 1 saturated carbocycles. The third kappa shape index (κ3) is 9.55. The molecule has 1 unspecified atom stereocenters. The van der Waals surface area contributed by atoms with Crippen molar-refractivity contribution in [1.82, 2.24) is 25.8 Å². The van der Waals surface area contributed by atoms with Gasteiger partial charge in [0.1, 0.15) is 11.6 Å². The van der Waals surface area contributed by atoms with Crippen LogP contribution in [-0.4, -0.2) is 51.3 Å². The molecule has 3 aromatic rings. The summed E-state index contributed by atoms with van der Waals surface area (Å²) in [6, 6.07) is 14.0. The molecular weight excluding hydrogens is 624 g/mol. The van der Waals surface area contributed by atoms with Gasteiger partial charge in [0.15, 0.2) is 5.82 Å². The monoisotopic (exact) mass is 658 g/mol. The van der Waals surface area contributed by atoms with Crippen LogP contribution in [0.4, 0.5) is 10.5 Å². The summed E-state index contributed by atoms with van der Waals surface area (Å²) in [7, 11) is 0. The van der Waals surface area contributed by atoms with Crippen LogP contribution in [-0.2, 0) is 20.7 Å². The number of carbonyl (C=O) groups is 3. The van der Waals surface area contributed by atoms with Crippen LogP contribution in [0.3, 0.4) is 0 Å². The van der Waals surface area contributed by atoms with Gasteiger partial charge in [-0.2, -0.15) is 10.1 Å². The summed E-state index contributed by atoms with van der Waals surface area (Å²) in [5.41, 5.74) is 1.70. The number of ether oxygens (including phenoxy) is 1. The van der Waals surface area contributed by atoms with Crippen LogP contribution in [0.5, 0.6) is 0 Å².